The molecular formula is C13H13BrFN3O. The molecule has 1 aromatic carbocycles. The molecule has 0 saturated carbocycles. The molecule has 6 heteroatoms. The molecule has 0 amide bonds. The minimum Gasteiger partial charge on any atom is -0.335 e. The molecule has 0 unspecified atom stereocenters. The highest BCUT2D eigenvalue weighted by molar-refractivity contribution is 9.10. The Morgan fingerprint density at radius 1 is 1.47 bits per heavy atom. The summed E-state index contributed by atoms with van der Waals surface area (Å²) in [5.74, 6) is -0.606. The molecular weight excluding hydrogens is 313 g/mol. The molecule has 0 aliphatic heterocycles. The number of carbonyl (C=O) groups excluding carboxylic acids is 1. The number of nitrogens with two attached hydrogens (primary N) is 1. The van der Waals surface area contributed by atoms with E-state index in [1.807, 2.05) is 0 Å². The summed E-state index contributed by atoms with van der Waals surface area (Å²) in [6.45, 7) is 1.08. The van der Waals surface area contributed by atoms with E-state index in [1.54, 1.807) is 29.2 Å². The Hall–Kier alpha value is -1.53. The molecule has 0 radical (unpaired) electrons. The summed E-state index contributed by atoms with van der Waals surface area (Å²) in [4.78, 5) is 16.0. The molecule has 0 atom stereocenters. The second-order valence-electron chi connectivity index (χ2n) is 4.12. The van der Waals surface area contributed by atoms with Gasteiger partial charge in [-0.15, -0.1) is 0 Å². The van der Waals surface area contributed by atoms with Crippen LogP contribution in [-0.2, 0) is 13.0 Å². The molecule has 19 heavy (non-hydrogen) atoms. The van der Waals surface area contributed by atoms with Crippen LogP contribution in [-0.4, -0.2) is 21.9 Å². The third-order valence-electron chi connectivity index (χ3n) is 2.67. The molecule has 0 bridgehead atoms. The summed E-state index contributed by atoms with van der Waals surface area (Å²) >= 11 is 3.26. The molecule has 2 rings (SSSR count). The zero-order valence-corrected chi connectivity index (χ0v) is 11.7. The van der Waals surface area contributed by atoms with Crippen molar-refractivity contribution in [1.29, 1.82) is 0 Å². The van der Waals surface area contributed by atoms with E-state index in [2.05, 4.69) is 20.9 Å². The number of aromatic nitrogens is 2. The molecule has 0 aliphatic carbocycles. The maximum absolute atomic E-state index is 13.6. The second kappa shape index (κ2) is 6.08. The van der Waals surface area contributed by atoms with Crippen LogP contribution < -0.4 is 5.73 Å². The maximum Gasteiger partial charge on any atom is 0.187 e. The van der Waals surface area contributed by atoms with Crippen LogP contribution in [0.5, 0.6) is 0 Å². The number of ketones is 1. The monoisotopic (exact) mass is 325 g/mol. The third kappa shape index (κ3) is 3.48. The molecule has 0 saturated heterocycles. The Morgan fingerprint density at radius 3 is 3.00 bits per heavy atom. The summed E-state index contributed by atoms with van der Waals surface area (Å²) in [6, 6.07) is 4.53. The average molecular weight is 326 g/mol. The van der Waals surface area contributed by atoms with Gasteiger partial charge in [-0.3, -0.25) is 4.79 Å². The van der Waals surface area contributed by atoms with Crippen LogP contribution in [0.15, 0.2) is 35.2 Å². The fourth-order valence-electron chi connectivity index (χ4n) is 1.72. The van der Waals surface area contributed by atoms with Crippen LogP contribution in [0.25, 0.3) is 0 Å². The lowest BCUT2D eigenvalue weighted by Gasteiger charge is -2.02. The van der Waals surface area contributed by atoms with Crippen LogP contribution in [0.4, 0.5) is 4.39 Å². The molecule has 0 fully saturated rings. The standard InChI is InChI=1S/C13H13BrFN3O/c14-10-1-2-11(15)9(5-10)6-13(19)12-7-18(4-3-16)8-17-12/h1-2,5,7-8H,3-4,6,16H2. The van der Waals surface area contributed by atoms with Gasteiger partial charge in [-0.05, 0) is 23.8 Å². The molecule has 0 spiro atoms. The van der Waals surface area contributed by atoms with Gasteiger partial charge in [0, 0.05) is 30.2 Å². The number of hydrogen-bond donors (Lipinski definition) is 1. The van der Waals surface area contributed by atoms with Crippen molar-refractivity contribution >= 4 is 21.7 Å². The normalized spacial score (nSPS) is 10.7. The van der Waals surface area contributed by atoms with Gasteiger partial charge in [-0.2, -0.15) is 0 Å². The van der Waals surface area contributed by atoms with E-state index in [4.69, 9.17) is 5.73 Å². The molecule has 4 nitrogen and oxygen atoms in total. The number of nitrogens with zero attached hydrogens (tertiary/aromatic N) is 2. The topological polar surface area (TPSA) is 60.9 Å². The van der Waals surface area contributed by atoms with Crippen LogP contribution in [0, 0.1) is 5.82 Å². The lowest BCUT2D eigenvalue weighted by Crippen LogP contribution is -2.08. The average Bonchev–Trinajstić information content (AvgIpc) is 2.83. The number of carbonyl (C=O) groups is 1. The van der Waals surface area contributed by atoms with Crippen LogP contribution >= 0.6 is 15.9 Å². The lowest BCUT2D eigenvalue weighted by atomic mass is 10.1. The van der Waals surface area contributed by atoms with Crippen molar-refractivity contribution < 1.29 is 9.18 Å². The number of halogens is 2. The first-order valence-corrected chi connectivity index (χ1v) is 6.58. The van der Waals surface area contributed by atoms with Crippen molar-refractivity contribution in [3.05, 3.63) is 52.3 Å². The van der Waals surface area contributed by atoms with Gasteiger partial charge in [0.25, 0.3) is 0 Å². The van der Waals surface area contributed by atoms with Crippen molar-refractivity contribution in [2.24, 2.45) is 5.73 Å². The molecule has 100 valence electrons. The molecule has 2 N–H and O–H groups in total. The first-order chi connectivity index (χ1) is 9.10. The Bertz CT molecular complexity index is 597. The fraction of sp³-hybridized carbons (Fsp3) is 0.231. The van der Waals surface area contributed by atoms with Gasteiger partial charge >= 0.3 is 0 Å². The smallest absolute Gasteiger partial charge is 0.187 e. The van der Waals surface area contributed by atoms with E-state index in [0.29, 0.717) is 24.3 Å². The molecule has 1 aromatic heterocycles. The van der Waals surface area contributed by atoms with Gasteiger partial charge in [-0.1, -0.05) is 15.9 Å². The van der Waals surface area contributed by atoms with Crippen molar-refractivity contribution in [1.82, 2.24) is 9.55 Å². The number of rotatable bonds is 5. The summed E-state index contributed by atoms with van der Waals surface area (Å²) in [5.41, 5.74) is 6.10. The summed E-state index contributed by atoms with van der Waals surface area (Å²) in [6.07, 6.45) is 3.17. The molecule has 1 heterocycles. The SMILES string of the molecule is NCCn1cnc(C(=O)Cc2cc(Br)ccc2F)c1. The van der Waals surface area contributed by atoms with Crippen molar-refractivity contribution in [2.75, 3.05) is 6.54 Å². The van der Waals surface area contributed by atoms with E-state index < -0.39 is 5.82 Å². The third-order valence-corrected chi connectivity index (χ3v) is 3.16. The largest absolute Gasteiger partial charge is 0.335 e. The van der Waals surface area contributed by atoms with Crippen molar-refractivity contribution in [2.45, 2.75) is 13.0 Å². The predicted molar refractivity (Wildman–Crippen MR) is 73.4 cm³/mol. The number of Topliss-reactive ketones (excluding diaryl/α,β-unsaturated/α-hetero) is 1. The number of hydrogen-bond acceptors (Lipinski definition) is 3. The van der Waals surface area contributed by atoms with Crippen LogP contribution in [0.2, 0.25) is 0 Å². The van der Waals surface area contributed by atoms with Gasteiger partial charge in [-0.25, -0.2) is 9.37 Å². The highest BCUT2D eigenvalue weighted by atomic mass is 79.9. The molecule has 0 aliphatic rings. The van der Waals surface area contributed by atoms with Crippen molar-refractivity contribution in [3.8, 4) is 0 Å². The van der Waals surface area contributed by atoms with Gasteiger partial charge in [0.1, 0.15) is 11.5 Å². The Kier molecular flexibility index (Phi) is 4.44. The Morgan fingerprint density at radius 2 is 2.26 bits per heavy atom. The minimum atomic E-state index is -0.391. The summed E-state index contributed by atoms with van der Waals surface area (Å²) in [5, 5.41) is 0. The second-order valence-corrected chi connectivity index (χ2v) is 5.04. The lowest BCUT2D eigenvalue weighted by molar-refractivity contribution is 0.0987. The van der Waals surface area contributed by atoms with Gasteiger partial charge in [0.15, 0.2) is 5.78 Å². The number of benzene rings is 1. The van der Waals surface area contributed by atoms with Crippen molar-refractivity contribution in [3.63, 3.8) is 0 Å². The quantitative estimate of drug-likeness (QED) is 0.857. The van der Waals surface area contributed by atoms with Gasteiger partial charge < -0.3 is 10.3 Å². The van der Waals surface area contributed by atoms with E-state index >= 15 is 0 Å². The van der Waals surface area contributed by atoms with E-state index in [0.717, 1.165) is 4.47 Å². The van der Waals surface area contributed by atoms with Crippen LogP contribution in [0.1, 0.15) is 16.1 Å². The first-order valence-electron chi connectivity index (χ1n) is 5.79. The minimum absolute atomic E-state index is 0.00902. The Balaban J connectivity index is 2.13. The predicted octanol–water partition coefficient (Wildman–Crippen LogP) is 2.17. The maximum atomic E-state index is 13.6. The number of imidazole rings is 1. The summed E-state index contributed by atoms with van der Waals surface area (Å²) < 4.78 is 16.0. The van der Waals surface area contributed by atoms with E-state index in [-0.39, 0.29) is 12.2 Å². The highest BCUT2D eigenvalue weighted by Gasteiger charge is 2.13. The van der Waals surface area contributed by atoms with Gasteiger partial charge in [0.05, 0.1) is 6.33 Å². The first kappa shape index (κ1) is 13.9. The Labute approximate surface area is 118 Å². The van der Waals surface area contributed by atoms with E-state index in [1.165, 1.54) is 6.07 Å². The van der Waals surface area contributed by atoms with Crippen LogP contribution in [0.3, 0.4) is 0 Å². The fourth-order valence-corrected chi connectivity index (χ4v) is 2.13. The highest BCUT2D eigenvalue weighted by Crippen LogP contribution is 2.17. The zero-order valence-electron chi connectivity index (χ0n) is 10.1. The summed E-state index contributed by atoms with van der Waals surface area (Å²) in [7, 11) is 0. The zero-order chi connectivity index (χ0) is 13.8. The van der Waals surface area contributed by atoms with E-state index in [9.17, 15) is 9.18 Å². The van der Waals surface area contributed by atoms with Gasteiger partial charge in [0.2, 0.25) is 0 Å². The molecule has 2 aromatic rings.